The van der Waals surface area contributed by atoms with Crippen LogP contribution in [-0.2, 0) is 0 Å². The lowest BCUT2D eigenvalue weighted by atomic mass is 10.2. The minimum absolute atomic E-state index is 0.00578. The minimum Gasteiger partial charge on any atom is -0.486 e. The summed E-state index contributed by atoms with van der Waals surface area (Å²) < 4.78 is 5.82. The number of likely N-dealkylation sites (N-methyl/N-ethyl adjacent to an activating group) is 1. The molecule has 1 aromatic rings. The predicted molar refractivity (Wildman–Crippen MR) is 87.4 cm³/mol. The maximum atomic E-state index is 11.9. The number of amides is 1. The van der Waals surface area contributed by atoms with Crippen LogP contribution in [0.1, 0.15) is 29.9 Å². The minimum atomic E-state index is -0.178. The van der Waals surface area contributed by atoms with Crippen molar-refractivity contribution < 1.29 is 9.53 Å². The maximum Gasteiger partial charge on any atom is 0.263 e. The molecule has 21 heavy (non-hydrogen) atoms. The second kappa shape index (κ2) is 6.53. The molecule has 1 fully saturated rings. The molecule has 6 nitrogen and oxygen atoms in total. The molecule has 2 rings (SSSR count). The first-order chi connectivity index (χ1) is 9.92. The normalized spacial score (nSPS) is 19.0. The van der Waals surface area contributed by atoms with Crippen molar-refractivity contribution in [1.29, 1.82) is 0 Å². The summed E-state index contributed by atoms with van der Waals surface area (Å²) in [5.74, 6) is 0.422. The Bertz CT molecular complexity index is 515. The number of rotatable bonds is 5. The first-order valence-corrected chi connectivity index (χ1v) is 8.00. The molecule has 1 atom stereocenters. The van der Waals surface area contributed by atoms with E-state index in [1.165, 1.54) is 11.3 Å². The van der Waals surface area contributed by atoms with E-state index >= 15 is 0 Å². The fourth-order valence-electron chi connectivity index (χ4n) is 2.40. The highest BCUT2D eigenvalue weighted by Gasteiger charge is 2.26. The summed E-state index contributed by atoms with van der Waals surface area (Å²) in [6, 6.07) is 0.361. The van der Waals surface area contributed by atoms with Crippen LogP contribution in [0, 0.1) is 0 Å². The van der Waals surface area contributed by atoms with Gasteiger partial charge in [0.1, 0.15) is 15.6 Å². The van der Waals surface area contributed by atoms with Crippen LogP contribution in [0.25, 0.3) is 0 Å². The predicted octanol–water partition coefficient (Wildman–Crippen LogP) is 1.59. The number of likely N-dealkylation sites (tertiary alicyclic amines) is 1. The van der Waals surface area contributed by atoms with Crippen LogP contribution in [0.5, 0.6) is 5.75 Å². The van der Waals surface area contributed by atoms with E-state index < -0.39 is 0 Å². The highest BCUT2D eigenvalue weighted by atomic mass is 32.1. The molecule has 0 aromatic carbocycles. The fourth-order valence-corrected chi connectivity index (χ4v) is 3.47. The molecule has 0 radical (unpaired) electrons. The summed E-state index contributed by atoms with van der Waals surface area (Å²) >= 11 is 1.36. The third kappa shape index (κ3) is 3.59. The molecule has 7 heteroatoms. The molecule has 1 aliphatic heterocycles. The molecule has 1 aromatic heterocycles. The van der Waals surface area contributed by atoms with Crippen molar-refractivity contribution in [2.24, 2.45) is 0 Å². The molecular weight excluding hydrogens is 288 g/mol. The number of nitrogens with two attached hydrogens (primary N) is 1. The summed E-state index contributed by atoms with van der Waals surface area (Å²) in [5, 5.41) is 6.94. The highest BCUT2D eigenvalue weighted by molar-refractivity contribution is 7.19. The maximum absolute atomic E-state index is 11.9. The number of nitrogens with one attached hydrogen (secondary N) is 2. The molecule has 118 valence electrons. The van der Waals surface area contributed by atoms with Crippen LogP contribution in [0.15, 0.2) is 0 Å². The van der Waals surface area contributed by atoms with Crippen molar-refractivity contribution in [2.45, 2.75) is 32.4 Å². The summed E-state index contributed by atoms with van der Waals surface area (Å²) in [6.45, 7) is 5.95. The summed E-state index contributed by atoms with van der Waals surface area (Å²) in [6.07, 6.45) is 1.08. The monoisotopic (exact) mass is 312 g/mol. The lowest BCUT2D eigenvalue weighted by molar-refractivity contribution is 0.0967. The summed E-state index contributed by atoms with van der Waals surface area (Å²) in [4.78, 5) is 14.7. The third-order valence-corrected chi connectivity index (χ3v) is 4.53. The second-order valence-electron chi connectivity index (χ2n) is 5.64. The SMILES string of the molecule is CNC(=O)c1sc(NC2CCN(C)C2)c(OC(C)C)c1N. The van der Waals surface area contributed by atoms with E-state index in [2.05, 4.69) is 22.6 Å². The van der Waals surface area contributed by atoms with Crippen molar-refractivity contribution in [3.63, 3.8) is 0 Å². The Morgan fingerprint density at radius 3 is 2.76 bits per heavy atom. The van der Waals surface area contributed by atoms with Crippen LogP contribution < -0.4 is 21.1 Å². The highest BCUT2D eigenvalue weighted by Crippen LogP contribution is 2.43. The average molecular weight is 312 g/mol. The van der Waals surface area contributed by atoms with E-state index in [1.807, 2.05) is 13.8 Å². The van der Waals surface area contributed by atoms with Crippen molar-refractivity contribution >= 4 is 27.9 Å². The first kappa shape index (κ1) is 15.9. The number of hydrogen-bond donors (Lipinski definition) is 3. The molecule has 0 aliphatic carbocycles. The van der Waals surface area contributed by atoms with Gasteiger partial charge in [0.05, 0.1) is 6.10 Å². The van der Waals surface area contributed by atoms with E-state index in [4.69, 9.17) is 10.5 Å². The zero-order chi connectivity index (χ0) is 15.6. The van der Waals surface area contributed by atoms with E-state index in [-0.39, 0.29) is 12.0 Å². The first-order valence-electron chi connectivity index (χ1n) is 7.18. The van der Waals surface area contributed by atoms with Gasteiger partial charge in [-0.25, -0.2) is 0 Å². The Labute approximate surface area is 129 Å². The van der Waals surface area contributed by atoms with E-state index in [1.54, 1.807) is 7.05 Å². The molecule has 4 N–H and O–H groups in total. The van der Waals surface area contributed by atoms with Crippen LogP contribution >= 0.6 is 11.3 Å². The molecule has 0 saturated carbocycles. The number of nitrogen functional groups attached to an aromatic ring is 1. The van der Waals surface area contributed by atoms with Gasteiger partial charge in [0.15, 0.2) is 5.75 Å². The molecule has 0 spiro atoms. The van der Waals surface area contributed by atoms with Crippen molar-refractivity contribution in [1.82, 2.24) is 10.2 Å². The van der Waals surface area contributed by atoms with Crippen LogP contribution in [0.2, 0.25) is 0 Å². The number of carbonyl (C=O) groups excluding carboxylic acids is 1. The molecule has 1 aliphatic rings. The number of ether oxygens (including phenoxy) is 1. The van der Waals surface area contributed by atoms with Crippen molar-refractivity contribution in [3.8, 4) is 5.75 Å². The Morgan fingerprint density at radius 2 is 2.24 bits per heavy atom. The Hall–Kier alpha value is -1.47. The van der Waals surface area contributed by atoms with E-state index in [0.29, 0.717) is 22.4 Å². The van der Waals surface area contributed by atoms with Gasteiger partial charge >= 0.3 is 0 Å². The lowest BCUT2D eigenvalue weighted by Crippen LogP contribution is -2.23. The zero-order valence-corrected chi connectivity index (χ0v) is 13.8. The number of anilines is 2. The molecule has 1 unspecified atom stereocenters. The average Bonchev–Trinajstić information content (AvgIpc) is 2.96. The van der Waals surface area contributed by atoms with Gasteiger partial charge in [-0.05, 0) is 33.9 Å². The van der Waals surface area contributed by atoms with Gasteiger partial charge in [0.25, 0.3) is 5.91 Å². The zero-order valence-electron chi connectivity index (χ0n) is 13.0. The molecular formula is C14H24N4O2S. The molecule has 0 bridgehead atoms. The van der Waals surface area contributed by atoms with Crippen LogP contribution in [-0.4, -0.2) is 50.1 Å². The topological polar surface area (TPSA) is 79.6 Å². The summed E-state index contributed by atoms with van der Waals surface area (Å²) in [7, 11) is 3.70. The Balaban J connectivity index is 2.26. The van der Waals surface area contributed by atoms with Gasteiger partial charge in [-0.2, -0.15) is 0 Å². The van der Waals surface area contributed by atoms with Gasteiger partial charge in [-0.3, -0.25) is 4.79 Å². The fraction of sp³-hybridized carbons (Fsp3) is 0.643. The van der Waals surface area contributed by atoms with Crippen molar-refractivity contribution in [3.05, 3.63) is 4.88 Å². The smallest absolute Gasteiger partial charge is 0.263 e. The Kier molecular flexibility index (Phi) is 4.95. The quantitative estimate of drug-likeness (QED) is 0.769. The standard InChI is InChI=1S/C14H24N4O2S/c1-8(2)20-11-10(15)12(13(19)16-3)21-14(11)17-9-5-6-18(4)7-9/h8-9,17H,5-7,15H2,1-4H3,(H,16,19). The number of nitrogens with zero attached hydrogens (tertiary/aromatic N) is 1. The van der Waals surface area contributed by atoms with E-state index in [0.717, 1.165) is 24.5 Å². The number of hydrogen-bond acceptors (Lipinski definition) is 6. The number of carbonyl (C=O) groups is 1. The van der Waals surface area contributed by atoms with Crippen LogP contribution in [0.4, 0.5) is 10.7 Å². The number of thiophene rings is 1. The second-order valence-corrected chi connectivity index (χ2v) is 6.66. The van der Waals surface area contributed by atoms with Gasteiger partial charge in [0.2, 0.25) is 0 Å². The largest absolute Gasteiger partial charge is 0.486 e. The van der Waals surface area contributed by atoms with Gasteiger partial charge in [-0.15, -0.1) is 11.3 Å². The van der Waals surface area contributed by atoms with Crippen molar-refractivity contribution in [2.75, 3.05) is 38.2 Å². The molecule has 1 saturated heterocycles. The lowest BCUT2D eigenvalue weighted by Gasteiger charge is -2.16. The van der Waals surface area contributed by atoms with Gasteiger partial charge in [-0.1, -0.05) is 0 Å². The third-order valence-electron chi connectivity index (χ3n) is 3.41. The van der Waals surface area contributed by atoms with Gasteiger partial charge < -0.3 is 26.0 Å². The Morgan fingerprint density at radius 1 is 1.52 bits per heavy atom. The summed E-state index contributed by atoms with van der Waals surface area (Å²) in [5.41, 5.74) is 6.52. The van der Waals surface area contributed by atoms with E-state index in [9.17, 15) is 4.79 Å². The molecule has 1 amide bonds. The van der Waals surface area contributed by atoms with Gasteiger partial charge in [0, 0.05) is 19.6 Å². The van der Waals surface area contributed by atoms with Crippen LogP contribution in [0.3, 0.4) is 0 Å². The molecule has 2 heterocycles.